The van der Waals surface area contributed by atoms with Crippen molar-refractivity contribution in [3.05, 3.63) is 114 Å². The summed E-state index contributed by atoms with van der Waals surface area (Å²) in [6.45, 7) is 1.79. The highest BCUT2D eigenvalue weighted by molar-refractivity contribution is 5.91. The fraction of sp³-hybridized carbons (Fsp3) is 0.282. The van der Waals surface area contributed by atoms with Gasteiger partial charge in [-0.05, 0) is 91.0 Å². The Hall–Kier alpha value is -5.69. The van der Waals surface area contributed by atoms with Crippen molar-refractivity contribution in [3.63, 3.8) is 0 Å². The van der Waals surface area contributed by atoms with Crippen molar-refractivity contribution >= 4 is 11.9 Å². The molecule has 2 atom stereocenters. The number of rotatable bonds is 20. The van der Waals surface area contributed by atoms with Gasteiger partial charge in [0.25, 0.3) is 0 Å². The van der Waals surface area contributed by atoms with Crippen LogP contribution in [0.25, 0.3) is 0 Å². The maximum absolute atomic E-state index is 14.8. The van der Waals surface area contributed by atoms with E-state index in [0.29, 0.717) is 53.9 Å². The van der Waals surface area contributed by atoms with Crippen molar-refractivity contribution < 1.29 is 66.1 Å². The Morgan fingerprint density at radius 1 is 0.623 bits per heavy atom. The van der Waals surface area contributed by atoms with Gasteiger partial charge >= 0.3 is 11.9 Å². The van der Waals surface area contributed by atoms with E-state index in [4.69, 9.17) is 52.1 Å². The van der Waals surface area contributed by atoms with Gasteiger partial charge in [0.2, 0.25) is 0 Å². The molecule has 0 radical (unpaired) electrons. The predicted octanol–water partition coefficient (Wildman–Crippen LogP) is 4.88. The third-order valence-corrected chi connectivity index (χ3v) is 7.24. The molecule has 0 amide bonds. The van der Waals surface area contributed by atoms with Gasteiger partial charge in [-0.3, -0.25) is 0 Å². The van der Waals surface area contributed by atoms with Gasteiger partial charge in [-0.15, -0.1) is 0 Å². The number of ether oxygens (including phenoxy) is 11. The van der Waals surface area contributed by atoms with E-state index in [1.54, 1.807) is 66.7 Å². The number of carbonyl (C=O) groups is 2. The molecule has 2 aliphatic rings. The third-order valence-electron chi connectivity index (χ3n) is 7.24. The van der Waals surface area contributed by atoms with Crippen LogP contribution >= 0.6 is 0 Å². The fourth-order valence-corrected chi connectivity index (χ4v) is 4.25. The van der Waals surface area contributed by atoms with E-state index in [2.05, 4.69) is 11.8 Å². The van der Waals surface area contributed by atoms with Crippen LogP contribution in [0, 0.1) is 17.7 Å². The highest BCUT2D eigenvalue weighted by Crippen LogP contribution is 2.22. The maximum atomic E-state index is 14.8. The van der Waals surface area contributed by atoms with Gasteiger partial charge in [-0.1, -0.05) is 11.8 Å². The molecule has 13 nitrogen and oxygen atoms in total. The lowest BCUT2D eigenvalue weighted by Gasteiger charge is -2.10. The van der Waals surface area contributed by atoms with Gasteiger partial charge in [0, 0.05) is 11.1 Å². The minimum atomic E-state index is -0.731. The van der Waals surface area contributed by atoms with Gasteiger partial charge in [0.05, 0.1) is 25.4 Å². The minimum absolute atomic E-state index is 0.00845. The third kappa shape index (κ3) is 13.1. The van der Waals surface area contributed by atoms with Gasteiger partial charge in [0.1, 0.15) is 41.8 Å². The smallest absolute Gasteiger partial charge is 0.344 e. The van der Waals surface area contributed by atoms with Gasteiger partial charge in [0.15, 0.2) is 45.3 Å². The van der Waals surface area contributed by atoms with Crippen molar-refractivity contribution in [2.75, 3.05) is 60.2 Å². The van der Waals surface area contributed by atoms with Crippen LogP contribution in [0.1, 0.15) is 21.5 Å². The van der Waals surface area contributed by atoms with Crippen LogP contribution < -0.4 is 23.7 Å². The van der Waals surface area contributed by atoms with Gasteiger partial charge < -0.3 is 52.1 Å². The summed E-state index contributed by atoms with van der Waals surface area (Å²) in [5, 5.41) is 0. The number of epoxide rings is 2. The molecule has 0 N–H and O–H groups in total. The van der Waals surface area contributed by atoms with Crippen LogP contribution in [0.3, 0.4) is 0 Å². The van der Waals surface area contributed by atoms with E-state index < -0.39 is 17.8 Å². The first kappa shape index (κ1) is 37.1. The number of halogens is 1. The Morgan fingerprint density at radius 2 is 1.13 bits per heavy atom. The minimum Gasteiger partial charge on any atom is -0.482 e. The molecular formula is C39H35FO13. The molecule has 14 heteroatoms. The Kier molecular flexibility index (Phi) is 13.5. The van der Waals surface area contributed by atoms with Crippen molar-refractivity contribution in [2.45, 2.75) is 12.2 Å². The highest BCUT2D eigenvalue weighted by Gasteiger charge is 2.24. The second-order valence-electron chi connectivity index (χ2n) is 11.4. The first-order valence-corrected chi connectivity index (χ1v) is 16.4. The van der Waals surface area contributed by atoms with E-state index in [0.717, 1.165) is 0 Å². The molecule has 6 rings (SSSR count). The van der Waals surface area contributed by atoms with E-state index in [1.807, 2.05) is 0 Å². The molecule has 4 aromatic rings. The van der Waals surface area contributed by atoms with Crippen LogP contribution in [0.4, 0.5) is 4.39 Å². The molecule has 276 valence electrons. The Bertz CT molecular complexity index is 1850. The second-order valence-corrected chi connectivity index (χ2v) is 11.4. The lowest BCUT2D eigenvalue weighted by molar-refractivity contribution is -0.146. The SMILES string of the molecule is O=C(COc1ccc(OCOCOc2ccc(C#Cc3ccc(OC(=O)c4ccc(OCOCOCC5CO5)cc4)c(F)c3)cc2)cc1)OCC1CO1. The molecule has 0 saturated carbocycles. The van der Waals surface area contributed by atoms with Crippen LogP contribution in [0.15, 0.2) is 91.0 Å². The van der Waals surface area contributed by atoms with Crippen molar-refractivity contribution in [1.29, 1.82) is 0 Å². The molecule has 2 aliphatic heterocycles. The molecule has 0 spiro atoms. The number of esters is 2. The van der Waals surface area contributed by atoms with Crippen LogP contribution in [-0.2, 0) is 33.2 Å². The number of hydrogen-bond acceptors (Lipinski definition) is 13. The van der Waals surface area contributed by atoms with Gasteiger partial charge in [-0.25, -0.2) is 14.0 Å². The molecule has 0 aromatic heterocycles. The summed E-state index contributed by atoms with van der Waals surface area (Å²) >= 11 is 0. The Balaban J connectivity index is 0.858. The number of carbonyl (C=O) groups excluding carboxylic acids is 2. The molecule has 4 aromatic carbocycles. The zero-order chi connectivity index (χ0) is 36.7. The summed E-state index contributed by atoms with van der Waals surface area (Å²) < 4.78 is 72.9. The van der Waals surface area contributed by atoms with Crippen LogP contribution in [-0.4, -0.2) is 84.4 Å². The summed E-state index contributed by atoms with van der Waals surface area (Å²) in [4.78, 5) is 24.2. The summed E-state index contributed by atoms with van der Waals surface area (Å²) in [5.74, 6) is 5.78. The predicted molar refractivity (Wildman–Crippen MR) is 182 cm³/mol. The van der Waals surface area contributed by atoms with E-state index >= 15 is 0 Å². The monoisotopic (exact) mass is 730 g/mol. The van der Waals surface area contributed by atoms with Crippen molar-refractivity contribution in [2.24, 2.45) is 0 Å². The molecule has 0 bridgehead atoms. The molecular weight excluding hydrogens is 695 g/mol. The fourth-order valence-electron chi connectivity index (χ4n) is 4.25. The average molecular weight is 731 g/mol. The average Bonchev–Trinajstić information content (AvgIpc) is 4.12. The maximum Gasteiger partial charge on any atom is 0.344 e. The van der Waals surface area contributed by atoms with Crippen molar-refractivity contribution in [1.82, 2.24) is 0 Å². The molecule has 0 aliphatic carbocycles. The normalized spacial score (nSPS) is 15.3. The number of hydrogen-bond donors (Lipinski definition) is 0. The van der Waals surface area contributed by atoms with E-state index in [1.165, 1.54) is 24.3 Å². The number of benzene rings is 4. The molecule has 53 heavy (non-hydrogen) atoms. The summed E-state index contributed by atoms with van der Waals surface area (Å²) in [7, 11) is 0. The Morgan fingerprint density at radius 3 is 1.74 bits per heavy atom. The highest BCUT2D eigenvalue weighted by atomic mass is 19.1. The molecule has 2 unspecified atom stereocenters. The zero-order valence-electron chi connectivity index (χ0n) is 28.4. The standard InChI is InChI=1S/C39H35FO13/c40-36-17-28(5-16-37(36)53-39(42)29-6-10-32(11-7-29)50-24-44-23-43-18-34-19-46-34)2-1-27-3-8-31(9-4-27)51-25-45-26-52-33-14-12-30(13-15-33)48-22-38(41)49-21-35-20-47-35/h3-17,34-35H,18-26H2. The molecule has 2 heterocycles. The van der Waals surface area contributed by atoms with Crippen LogP contribution in [0.5, 0.6) is 28.7 Å². The summed E-state index contributed by atoms with van der Waals surface area (Å²) in [6, 6.07) is 23.9. The van der Waals surface area contributed by atoms with Crippen molar-refractivity contribution in [3.8, 4) is 40.6 Å². The van der Waals surface area contributed by atoms with Gasteiger partial charge in [-0.2, -0.15) is 0 Å². The van der Waals surface area contributed by atoms with E-state index in [-0.39, 0.29) is 63.9 Å². The summed E-state index contributed by atoms with van der Waals surface area (Å²) in [5.41, 5.74) is 1.28. The largest absolute Gasteiger partial charge is 0.482 e. The quantitative estimate of drug-likeness (QED) is 0.0305. The summed E-state index contributed by atoms with van der Waals surface area (Å²) in [6.07, 6.45) is 0.167. The first-order chi connectivity index (χ1) is 26.0. The topological polar surface area (TPSA) is 142 Å². The molecule has 2 saturated heterocycles. The zero-order valence-corrected chi connectivity index (χ0v) is 28.4. The second kappa shape index (κ2) is 19.2. The first-order valence-electron chi connectivity index (χ1n) is 16.4. The van der Waals surface area contributed by atoms with E-state index in [9.17, 15) is 14.0 Å². The molecule has 2 fully saturated rings. The lowest BCUT2D eigenvalue weighted by Crippen LogP contribution is -2.17. The lowest BCUT2D eigenvalue weighted by atomic mass is 10.1. The van der Waals surface area contributed by atoms with Crippen LogP contribution in [0.2, 0.25) is 0 Å². The Labute approximate surface area is 304 Å².